The lowest BCUT2D eigenvalue weighted by Crippen LogP contribution is -2.34. The van der Waals surface area contributed by atoms with Gasteiger partial charge >= 0.3 is 0 Å². The molecule has 17 heavy (non-hydrogen) atoms. The van der Waals surface area contributed by atoms with E-state index in [0.29, 0.717) is 13.2 Å². The highest BCUT2D eigenvalue weighted by Gasteiger charge is 2.27. The first-order valence-electron chi connectivity index (χ1n) is 6.26. The first kappa shape index (κ1) is 14.2. The molecule has 0 saturated heterocycles. The fourth-order valence-corrected chi connectivity index (χ4v) is 2.34. The van der Waals surface area contributed by atoms with Crippen molar-refractivity contribution in [1.82, 2.24) is 0 Å². The second kappa shape index (κ2) is 6.79. The molecule has 1 aromatic rings. The summed E-state index contributed by atoms with van der Waals surface area (Å²) in [6, 6.07) is 7.79. The summed E-state index contributed by atoms with van der Waals surface area (Å²) in [4.78, 5) is 0. The molecule has 0 atom stereocenters. The highest BCUT2D eigenvalue weighted by Crippen LogP contribution is 2.25. The molecule has 1 aromatic carbocycles. The molecule has 0 saturated carbocycles. The number of nitrogen functional groups attached to an aromatic ring is 1. The summed E-state index contributed by atoms with van der Waals surface area (Å²) in [6.07, 6.45) is 1.98. The summed E-state index contributed by atoms with van der Waals surface area (Å²) in [5, 5.41) is 0. The largest absolute Gasteiger partial charge is 0.399 e. The van der Waals surface area contributed by atoms with Crippen LogP contribution in [0.25, 0.3) is 0 Å². The molecule has 3 nitrogen and oxygen atoms in total. The third kappa shape index (κ3) is 4.15. The maximum absolute atomic E-state index is 5.91. The number of hydrogen-bond acceptors (Lipinski definition) is 3. The van der Waals surface area contributed by atoms with Gasteiger partial charge in [0.25, 0.3) is 0 Å². The summed E-state index contributed by atoms with van der Waals surface area (Å²) in [6.45, 7) is 5.62. The van der Waals surface area contributed by atoms with Crippen LogP contribution in [0.3, 0.4) is 0 Å². The van der Waals surface area contributed by atoms with Crippen molar-refractivity contribution in [2.24, 2.45) is 0 Å². The lowest BCUT2D eigenvalue weighted by molar-refractivity contribution is -0.186. The van der Waals surface area contributed by atoms with Gasteiger partial charge in [-0.15, -0.1) is 0 Å². The summed E-state index contributed by atoms with van der Waals surface area (Å²) in [7, 11) is 0.782. The number of rotatable bonds is 7. The number of anilines is 1. The molecule has 0 aliphatic heterocycles. The Morgan fingerprint density at radius 2 is 1.76 bits per heavy atom. The molecule has 0 spiro atoms. The molecule has 2 N–H and O–H groups in total. The Kier molecular flexibility index (Phi) is 5.68. The zero-order valence-corrected chi connectivity index (χ0v) is 13.0. The van der Waals surface area contributed by atoms with Gasteiger partial charge in [-0.3, -0.25) is 0 Å². The van der Waals surface area contributed by atoms with E-state index >= 15 is 0 Å². The lowest BCUT2D eigenvalue weighted by Gasteiger charge is -2.31. The monoisotopic (exact) mass is 253 g/mol. The molecule has 0 radical (unpaired) electrons. The van der Waals surface area contributed by atoms with E-state index in [0.717, 1.165) is 34.3 Å². The Hall–Kier alpha value is -0.843. The molecule has 1 rings (SSSR count). The van der Waals surface area contributed by atoms with E-state index < -0.39 is 5.41 Å². The molecule has 0 fully saturated rings. The van der Waals surface area contributed by atoms with Gasteiger partial charge in [0.05, 0.1) is 10.2 Å². The lowest BCUT2D eigenvalue weighted by atomic mass is 10.2. The van der Waals surface area contributed by atoms with Crippen LogP contribution in [0, 0.1) is 0 Å². The minimum atomic E-state index is -0.554. The van der Waals surface area contributed by atoms with Crippen LogP contribution in [0.4, 0.5) is 5.69 Å². The minimum Gasteiger partial charge on any atom is -0.399 e. The molecule has 4 heteroatoms. The van der Waals surface area contributed by atoms with Crippen LogP contribution in [0.1, 0.15) is 32.3 Å². The van der Waals surface area contributed by atoms with E-state index in [-0.39, 0.29) is 0 Å². The number of nitrogens with two attached hydrogens (primary N) is 1. The van der Waals surface area contributed by atoms with Gasteiger partial charge in [-0.2, -0.15) is 0 Å². The van der Waals surface area contributed by atoms with Gasteiger partial charge in [-0.25, -0.2) is 0 Å². The third-order valence-corrected chi connectivity index (χ3v) is 3.73. The van der Waals surface area contributed by atoms with Gasteiger partial charge in [0, 0.05) is 24.5 Å². The first-order valence-corrected chi connectivity index (χ1v) is 7.26. The van der Waals surface area contributed by atoms with Gasteiger partial charge in [0.1, 0.15) is 0 Å². The van der Waals surface area contributed by atoms with Crippen molar-refractivity contribution < 1.29 is 9.47 Å². The van der Waals surface area contributed by atoms with E-state index in [1.54, 1.807) is 0 Å². The fourth-order valence-electron chi connectivity index (χ4n) is 1.62. The van der Waals surface area contributed by atoms with Crippen LogP contribution in [0.5, 0.6) is 0 Å². The zero-order chi connectivity index (χ0) is 12.7. The molecule has 0 aromatic heterocycles. The van der Waals surface area contributed by atoms with Crippen LogP contribution in [0.2, 0.25) is 0 Å². The number of hydrogen-bond donors (Lipinski definition) is 1. The second-order valence-electron chi connectivity index (χ2n) is 4.27. The van der Waals surface area contributed by atoms with Gasteiger partial charge in [0.2, 0.25) is 0 Å². The minimum absolute atomic E-state index is 0.554. The molecule has 0 amide bonds. The van der Waals surface area contributed by atoms with Crippen LogP contribution in [-0.2, 0) is 14.9 Å². The zero-order valence-electron chi connectivity index (χ0n) is 11.0. The van der Waals surface area contributed by atoms with Crippen LogP contribution in [0.15, 0.2) is 24.3 Å². The van der Waals surface area contributed by atoms with Crippen molar-refractivity contribution in [3.8, 4) is 0 Å². The van der Waals surface area contributed by atoms with Crippen LogP contribution < -0.4 is 5.73 Å². The standard InChI is InChI=1S/C13H23NO2Si/c1-3-8-15-13(17,16-9-4-2)11-6-5-7-12(14)10-11/h5-7,10H,3-4,8-9,14H2,1-2,17H3. The molecule has 0 heterocycles. The maximum Gasteiger partial charge on any atom is 0.166 e. The fraction of sp³-hybridized carbons (Fsp3) is 0.538. The van der Waals surface area contributed by atoms with E-state index in [1.165, 1.54) is 0 Å². The molecule has 0 aliphatic rings. The summed E-state index contributed by atoms with van der Waals surface area (Å²) < 4.78 is 11.8. The quantitative estimate of drug-likeness (QED) is 0.456. The molecule has 0 unspecified atom stereocenters. The van der Waals surface area contributed by atoms with Crippen molar-refractivity contribution in [3.05, 3.63) is 29.8 Å². The average molecular weight is 253 g/mol. The molecular weight excluding hydrogens is 230 g/mol. The Balaban J connectivity index is 2.87. The van der Waals surface area contributed by atoms with E-state index in [4.69, 9.17) is 15.2 Å². The summed E-state index contributed by atoms with van der Waals surface area (Å²) >= 11 is 0. The molecule has 0 bridgehead atoms. The van der Waals surface area contributed by atoms with Crippen LogP contribution >= 0.6 is 0 Å². The topological polar surface area (TPSA) is 44.5 Å². The smallest absolute Gasteiger partial charge is 0.166 e. The Morgan fingerprint density at radius 1 is 1.18 bits per heavy atom. The number of ether oxygens (including phenoxy) is 2. The molecule has 96 valence electrons. The number of benzene rings is 1. The average Bonchev–Trinajstić information content (AvgIpc) is 2.34. The van der Waals surface area contributed by atoms with Gasteiger partial charge < -0.3 is 15.2 Å². The van der Waals surface area contributed by atoms with Crippen molar-refractivity contribution >= 4 is 15.9 Å². The Bertz CT molecular complexity index is 336. The third-order valence-electron chi connectivity index (χ3n) is 2.57. The van der Waals surface area contributed by atoms with Gasteiger partial charge in [-0.1, -0.05) is 26.0 Å². The normalized spacial score (nSPS) is 11.9. The molecular formula is C13H23NO2Si. The molecule has 0 aliphatic carbocycles. The van der Waals surface area contributed by atoms with Crippen molar-refractivity contribution in [1.29, 1.82) is 0 Å². The van der Waals surface area contributed by atoms with E-state index in [9.17, 15) is 0 Å². The summed E-state index contributed by atoms with van der Waals surface area (Å²) in [5.74, 6) is 0. The van der Waals surface area contributed by atoms with Gasteiger partial charge in [0.15, 0.2) is 5.41 Å². The Morgan fingerprint density at radius 3 is 2.24 bits per heavy atom. The van der Waals surface area contributed by atoms with Crippen molar-refractivity contribution in [2.75, 3.05) is 18.9 Å². The highest BCUT2D eigenvalue weighted by atomic mass is 28.1. The van der Waals surface area contributed by atoms with Crippen LogP contribution in [-0.4, -0.2) is 23.5 Å². The van der Waals surface area contributed by atoms with Crippen molar-refractivity contribution in [3.63, 3.8) is 0 Å². The maximum atomic E-state index is 5.91. The highest BCUT2D eigenvalue weighted by molar-refractivity contribution is 6.13. The Labute approximate surface area is 107 Å². The predicted octanol–water partition coefficient (Wildman–Crippen LogP) is 1.60. The predicted molar refractivity (Wildman–Crippen MR) is 75.0 cm³/mol. The van der Waals surface area contributed by atoms with Gasteiger partial charge in [-0.05, 0) is 25.0 Å². The van der Waals surface area contributed by atoms with Crippen molar-refractivity contribution in [2.45, 2.75) is 32.1 Å². The first-order chi connectivity index (χ1) is 8.12. The summed E-state index contributed by atoms with van der Waals surface area (Å²) in [5.41, 5.74) is 7.05. The van der Waals surface area contributed by atoms with E-state index in [2.05, 4.69) is 13.8 Å². The second-order valence-corrected chi connectivity index (χ2v) is 5.58. The van der Waals surface area contributed by atoms with E-state index in [1.807, 2.05) is 24.3 Å². The SMILES string of the molecule is CCCOC([SiH3])(OCCC)c1cccc(N)c1.